The molecular formula is C15H17N3O3. The fraction of sp³-hybridized carbons (Fsp3) is 0.400. The molecule has 1 saturated heterocycles. The van der Waals surface area contributed by atoms with Gasteiger partial charge >= 0.3 is 0 Å². The van der Waals surface area contributed by atoms with Crippen molar-refractivity contribution >= 4 is 23.4 Å². The molecular weight excluding hydrogens is 270 g/mol. The molecule has 0 bridgehead atoms. The highest BCUT2D eigenvalue weighted by atomic mass is 16.2. The molecule has 1 aromatic carbocycles. The third-order valence-corrected chi connectivity index (χ3v) is 4.05. The maximum Gasteiger partial charge on any atom is 0.256 e. The van der Waals surface area contributed by atoms with Crippen molar-refractivity contribution in [3.8, 4) is 0 Å². The number of fused-ring (bicyclic) bond motifs is 2. The SMILES string of the molecule is NC(=O)CN1C(=O)[C@@H]2CCCCN2C(=O)c2ccccc21. The lowest BCUT2D eigenvalue weighted by atomic mass is 10.0. The van der Waals surface area contributed by atoms with Crippen molar-refractivity contribution < 1.29 is 14.4 Å². The molecule has 2 N–H and O–H groups in total. The largest absolute Gasteiger partial charge is 0.368 e. The smallest absolute Gasteiger partial charge is 0.256 e. The summed E-state index contributed by atoms with van der Waals surface area (Å²) in [6, 6.07) is 6.40. The normalized spacial score (nSPS) is 21.6. The average molecular weight is 287 g/mol. The zero-order valence-corrected chi connectivity index (χ0v) is 11.6. The number of nitrogens with zero attached hydrogens (tertiary/aromatic N) is 2. The number of benzene rings is 1. The van der Waals surface area contributed by atoms with Gasteiger partial charge in [-0.05, 0) is 31.4 Å². The Morgan fingerprint density at radius 2 is 2.00 bits per heavy atom. The van der Waals surface area contributed by atoms with E-state index in [-0.39, 0.29) is 18.4 Å². The van der Waals surface area contributed by atoms with Gasteiger partial charge in [-0.15, -0.1) is 0 Å². The monoisotopic (exact) mass is 287 g/mol. The molecule has 6 nitrogen and oxygen atoms in total. The van der Waals surface area contributed by atoms with Gasteiger partial charge in [0.05, 0.1) is 11.3 Å². The van der Waals surface area contributed by atoms with Gasteiger partial charge < -0.3 is 15.5 Å². The quantitative estimate of drug-likeness (QED) is 0.860. The number of hydrogen-bond acceptors (Lipinski definition) is 3. The van der Waals surface area contributed by atoms with Gasteiger partial charge in [-0.2, -0.15) is 0 Å². The zero-order chi connectivity index (χ0) is 15.0. The molecule has 0 aromatic heterocycles. The summed E-state index contributed by atoms with van der Waals surface area (Å²) in [5.74, 6) is -0.947. The second-order valence-corrected chi connectivity index (χ2v) is 5.42. The van der Waals surface area contributed by atoms with Gasteiger partial charge in [-0.25, -0.2) is 0 Å². The summed E-state index contributed by atoms with van der Waals surface area (Å²) in [7, 11) is 0. The Hall–Kier alpha value is -2.37. The first-order valence-electron chi connectivity index (χ1n) is 7.09. The van der Waals surface area contributed by atoms with Crippen LogP contribution in [0.1, 0.15) is 29.6 Å². The Bertz CT molecular complexity index is 614. The first-order chi connectivity index (χ1) is 10.1. The van der Waals surface area contributed by atoms with Gasteiger partial charge in [-0.1, -0.05) is 12.1 Å². The van der Waals surface area contributed by atoms with E-state index >= 15 is 0 Å². The standard InChI is InChI=1S/C15H17N3O3/c16-13(19)9-18-11-6-2-1-5-10(11)14(20)17-8-4-3-7-12(17)15(18)21/h1-2,5-6,12H,3-4,7-9H2,(H2,16,19)/t12-/m0/s1. The Morgan fingerprint density at radius 3 is 2.76 bits per heavy atom. The maximum atomic E-state index is 12.7. The van der Waals surface area contributed by atoms with Crippen LogP contribution in [0, 0.1) is 0 Å². The molecule has 1 fully saturated rings. The van der Waals surface area contributed by atoms with Crippen LogP contribution in [-0.4, -0.2) is 41.8 Å². The molecule has 110 valence electrons. The first kappa shape index (κ1) is 13.6. The molecule has 0 saturated carbocycles. The second-order valence-electron chi connectivity index (χ2n) is 5.42. The lowest BCUT2D eigenvalue weighted by Crippen LogP contribution is -2.52. The van der Waals surface area contributed by atoms with E-state index in [1.54, 1.807) is 29.2 Å². The molecule has 1 atom stereocenters. The average Bonchev–Trinajstić information content (AvgIpc) is 2.58. The number of carbonyl (C=O) groups is 3. The van der Waals surface area contributed by atoms with Crippen LogP contribution in [0.3, 0.4) is 0 Å². The van der Waals surface area contributed by atoms with Crippen molar-refractivity contribution in [2.45, 2.75) is 25.3 Å². The van der Waals surface area contributed by atoms with E-state index in [0.29, 0.717) is 24.2 Å². The summed E-state index contributed by atoms with van der Waals surface area (Å²) in [4.78, 5) is 39.7. The first-order valence-corrected chi connectivity index (χ1v) is 7.09. The second kappa shape index (κ2) is 5.20. The Balaban J connectivity index is 2.12. The minimum absolute atomic E-state index is 0.143. The molecule has 2 aliphatic heterocycles. The minimum atomic E-state index is -0.588. The highest BCUT2D eigenvalue weighted by molar-refractivity contribution is 6.12. The van der Waals surface area contributed by atoms with E-state index in [1.807, 2.05) is 0 Å². The van der Waals surface area contributed by atoms with Gasteiger partial charge in [0.1, 0.15) is 12.6 Å². The fourth-order valence-electron chi connectivity index (χ4n) is 3.09. The molecule has 1 aromatic rings. The molecule has 2 heterocycles. The van der Waals surface area contributed by atoms with E-state index in [4.69, 9.17) is 5.73 Å². The summed E-state index contributed by atoms with van der Waals surface area (Å²) in [5.41, 5.74) is 6.19. The zero-order valence-electron chi connectivity index (χ0n) is 11.6. The summed E-state index contributed by atoms with van der Waals surface area (Å²) in [5, 5.41) is 0. The Morgan fingerprint density at radius 1 is 1.24 bits per heavy atom. The van der Waals surface area contributed by atoms with Crippen LogP contribution in [0.15, 0.2) is 24.3 Å². The van der Waals surface area contributed by atoms with Crippen LogP contribution in [0.25, 0.3) is 0 Å². The number of hydrogen-bond donors (Lipinski definition) is 1. The third-order valence-electron chi connectivity index (χ3n) is 4.05. The molecule has 3 rings (SSSR count). The van der Waals surface area contributed by atoms with E-state index in [9.17, 15) is 14.4 Å². The minimum Gasteiger partial charge on any atom is -0.368 e. The van der Waals surface area contributed by atoms with Crippen LogP contribution in [0.5, 0.6) is 0 Å². The number of rotatable bonds is 2. The topological polar surface area (TPSA) is 83.7 Å². The molecule has 6 heteroatoms. The molecule has 3 amide bonds. The van der Waals surface area contributed by atoms with Crippen LogP contribution in [0.4, 0.5) is 5.69 Å². The maximum absolute atomic E-state index is 12.7. The molecule has 0 radical (unpaired) electrons. The van der Waals surface area contributed by atoms with Gasteiger partial charge in [-0.3, -0.25) is 14.4 Å². The van der Waals surface area contributed by atoms with E-state index in [2.05, 4.69) is 0 Å². The van der Waals surface area contributed by atoms with Crippen LogP contribution >= 0.6 is 0 Å². The summed E-state index contributed by atoms with van der Waals surface area (Å²) in [6.07, 6.45) is 2.43. The number of carbonyl (C=O) groups excluding carboxylic acids is 3. The number of primary amides is 1. The van der Waals surface area contributed by atoms with Crippen molar-refractivity contribution in [3.63, 3.8) is 0 Å². The number of piperidine rings is 1. The lowest BCUT2D eigenvalue weighted by Gasteiger charge is -2.34. The van der Waals surface area contributed by atoms with Gasteiger partial charge in [0, 0.05) is 6.54 Å². The van der Waals surface area contributed by atoms with Crippen LogP contribution in [-0.2, 0) is 9.59 Å². The Labute approximate surface area is 122 Å². The van der Waals surface area contributed by atoms with Crippen molar-refractivity contribution in [1.82, 2.24) is 4.90 Å². The highest BCUT2D eigenvalue weighted by Crippen LogP contribution is 2.31. The van der Waals surface area contributed by atoms with E-state index in [1.165, 1.54) is 4.90 Å². The van der Waals surface area contributed by atoms with Gasteiger partial charge in [0.15, 0.2) is 0 Å². The lowest BCUT2D eigenvalue weighted by molar-refractivity contribution is -0.126. The molecule has 21 heavy (non-hydrogen) atoms. The summed E-state index contributed by atoms with van der Waals surface area (Å²) >= 11 is 0. The van der Waals surface area contributed by atoms with Crippen LogP contribution < -0.4 is 10.6 Å². The third kappa shape index (κ3) is 2.26. The van der Waals surface area contributed by atoms with E-state index < -0.39 is 11.9 Å². The predicted molar refractivity (Wildman–Crippen MR) is 76.7 cm³/mol. The summed E-state index contributed by atoms with van der Waals surface area (Å²) in [6.45, 7) is 0.376. The fourth-order valence-corrected chi connectivity index (χ4v) is 3.09. The van der Waals surface area contributed by atoms with Crippen molar-refractivity contribution in [1.29, 1.82) is 0 Å². The summed E-state index contributed by atoms with van der Waals surface area (Å²) < 4.78 is 0. The Kier molecular flexibility index (Phi) is 3.37. The molecule has 2 aliphatic rings. The molecule has 0 aliphatic carbocycles. The van der Waals surface area contributed by atoms with Gasteiger partial charge in [0.25, 0.3) is 5.91 Å². The molecule has 0 unspecified atom stereocenters. The predicted octanol–water partition coefficient (Wildman–Crippen LogP) is 0.513. The van der Waals surface area contributed by atoms with Gasteiger partial charge in [0.2, 0.25) is 11.8 Å². The number of amides is 3. The molecule has 0 spiro atoms. The number of para-hydroxylation sites is 1. The number of nitrogens with two attached hydrogens (primary N) is 1. The van der Waals surface area contributed by atoms with Crippen molar-refractivity contribution in [2.75, 3.05) is 18.0 Å². The highest BCUT2D eigenvalue weighted by Gasteiger charge is 2.40. The van der Waals surface area contributed by atoms with Crippen LogP contribution in [0.2, 0.25) is 0 Å². The van der Waals surface area contributed by atoms with E-state index in [0.717, 1.165) is 12.8 Å². The van der Waals surface area contributed by atoms with Crippen molar-refractivity contribution in [2.24, 2.45) is 5.73 Å². The van der Waals surface area contributed by atoms with Crippen molar-refractivity contribution in [3.05, 3.63) is 29.8 Å². The number of anilines is 1.